The average Bonchev–Trinajstić information content (AvgIpc) is 2.29. The molecule has 3 heteroatoms. The van der Waals surface area contributed by atoms with E-state index in [-0.39, 0.29) is 0 Å². The molecule has 0 amide bonds. The molecule has 2 heterocycles. The Morgan fingerprint density at radius 1 is 1.33 bits per heavy atom. The fourth-order valence-corrected chi connectivity index (χ4v) is 2.16. The van der Waals surface area contributed by atoms with Gasteiger partial charge in [-0.15, -0.1) is 0 Å². The van der Waals surface area contributed by atoms with Crippen LogP contribution in [0.15, 0.2) is 23.4 Å². The van der Waals surface area contributed by atoms with Crippen molar-refractivity contribution in [3.8, 4) is 0 Å². The first kappa shape index (κ1) is 10.7. The largest absolute Gasteiger partial charge is 0.396 e. The van der Waals surface area contributed by atoms with Gasteiger partial charge in [0.2, 0.25) is 0 Å². The third-order valence-electron chi connectivity index (χ3n) is 3.04. The van der Waals surface area contributed by atoms with Crippen molar-refractivity contribution in [3.05, 3.63) is 23.4 Å². The van der Waals surface area contributed by atoms with Crippen LogP contribution in [0.5, 0.6) is 0 Å². The Labute approximate surface area is 91.3 Å². The number of fused-ring (bicyclic) bond motifs is 1. The Hall–Kier alpha value is -0.800. The first-order valence-corrected chi connectivity index (χ1v) is 5.90. The summed E-state index contributed by atoms with van der Waals surface area (Å²) in [5.41, 5.74) is 2.78. The standard InChI is InChI=1S/C12H20N2O/c15-9-2-1-5-11-7-6-10-4-3-8-13-12(10)14-11/h6-7,12-15H,1-5,8-9H2. The average molecular weight is 208 g/mol. The van der Waals surface area contributed by atoms with E-state index in [2.05, 4.69) is 22.8 Å². The summed E-state index contributed by atoms with van der Waals surface area (Å²) in [7, 11) is 0. The first-order valence-electron chi connectivity index (χ1n) is 5.90. The molecule has 2 aliphatic rings. The van der Waals surface area contributed by atoms with Gasteiger partial charge in [0, 0.05) is 12.3 Å². The summed E-state index contributed by atoms with van der Waals surface area (Å²) in [4.78, 5) is 0. The molecule has 3 nitrogen and oxygen atoms in total. The minimum Gasteiger partial charge on any atom is -0.396 e. The molecule has 0 spiro atoms. The van der Waals surface area contributed by atoms with Crippen molar-refractivity contribution in [2.45, 2.75) is 38.3 Å². The third-order valence-corrected chi connectivity index (χ3v) is 3.04. The zero-order valence-corrected chi connectivity index (χ0v) is 9.13. The molecule has 15 heavy (non-hydrogen) atoms. The van der Waals surface area contributed by atoms with Gasteiger partial charge in [0.15, 0.2) is 0 Å². The predicted molar refractivity (Wildman–Crippen MR) is 61.3 cm³/mol. The number of dihydropyridines is 1. The van der Waals surface area contributed by atoms with Gasteiger partial charge in [0.05, 0.1) is 6.17 Å². The molecule has 84 valence electrons. The van der Waals surface area contributed by atoms with Gasteiger partial charge in [-0.25, -0.2) is 0 Å². The number of piperidine rings is 1. The molecule has 2 rings (SSSR count). The quantitative estimate of drug-likeness (QED) is 0.610. The normalized spacial score (nSPS) is 25.0. The molecule has 1 fully saturated rings. The minimum atomic E-state index is 0.302. The van der Waals surface area contributed by atoms with Gasteiger partial charge in [-0.05, 0) is 50.3 Å². The highest BCUT2D eigenvalue weighted by molar-refractivity contribution is 5.28. The van der Waals surface area contributed by atoms with Crippen molar-refractivity contribution >= 4 is 0 Å². The maximum Gasteiger partial charge on any atom is 0.0991 e. The Kier molecular flexibility index (Phi) is 3.80. The van der Waals surface area contributed by atoms with Crippen LogP contribution in [0.25, 0.3) is 0 Å². The Bertz CT molecular complexity index is 271. The summed E-state index contributed by atoms with van der Waals surface area (Å²) in [6.07, 6.45) is 10.3. The van der Waals surface area contributed by atoms with E-state index in [4.69, 9.17) is 5.11 Å². The van der Waals surface area contributed by atoms with Crippen LogP contribution in [-0.4, -0.2) is 24.4 Å². The Morgan fingerprint density at radius 3 is 3.13 bits per heavy atom. The first-order chi connectivity index (χ1) is 7.40. The van der Waals surface area contributed by atoms with Gasteiger partial charge in [0.25, 0.3) is 0 Å². The van der Waals surface area contributed by atoms with Crippen LogP contribution < -0.4 is 10.6 Å². The summed E-state index contributed by atoms with van der Waals surface area (Å²) in [6, 6.07) is 0. The molecule has 1 unspecified atom stereocenters. The van der Waals surface area contributed by atoms with Gasteiger partial charge in [-0.3, -0.25) is 5.32 Å². The van der Waals surface area contributed by atoms with Crippen molar-refractivity contribution in [2.75, 3.05) is 13.2 Å². The van der Waals surface area contributed by atoms with Gasteiger partial charge in [-0.1, -0.05) is 6.08 Å². The Morgan fingerprint density at radius 2 is 2.27 bits per heavy atom. The van der Waals surface area contributed by atoms with E-state index >= 15 is 0 Å². The van der Waals surface area contributed by atoms with E-state index in [1.54, 1.807) is 0 Å². The van der Waals surface area contributed by atoms with Crippen LogP contribution in [0.3, 0.4) is 0 Å². The molecule has 0 aromatic rings. The number of rotatable bonds is 4. The van der Waals surface area contributed by atoms with E-state index in [0.717, 1.165) is 25.8 Å². The van der Waals surface area contributed by atoms with E-state index in [1.165, 1.54) is 24.1 Å². The maximum absolute atomic E-state index is 8.72. The van der Waals surface area contributed by atoms with Crippen LogP contribution in [0.2, 0.25) is 0 Å². The molecule has 0 aliphatic carbocycles. The summed E-state index contributed by atoms with van der Waals surface area (Å²) in [6.45, 7) is 1.41. The number of aliphatic hydroxyl groups is 1. The molecule has 3 N–H and O–H groups in total. The predicted octanol–water partition coefficient (Wildman–Crippen LogP) is 1.27. The number of allylic oxidation sites excluding steroid dienone is 3. The number of hydrogen-bond acceptors (Lipinski definition) is 3. The maximum atomic E-state index is 8.72. The highest BCUT2D eigenvalue weighted by Crippen LogP contribution is 2.20. The fourth-order valence-electron chi connectivity index (χ4n) is 2.16. The van der Waals surface area contributed by atoms with Crippen molar-refractivity contribution in [2.24, 2.45) is 0 Å². The number of hydrogen-bond donors (Lipinski definition) is 3. The molecule has 0 aromatic heterocycles. The topological polar surface area (TPSA) is 44.3 Å². The molecular formula is C12H20N2O. The van der Waals surface area contributed by atoms with Gasteiger partial charge in [0.1, 0.15) is 0 Å². The van der Waals surface area contributed by atoms with Gasteiger partial charge < -0.3 is 10.4 Å². The molecule has 1 atom stereocenters. The van der Waals surface area contributed by atoms with Crippen LogP contribution in [0.4, 0.5) is 0 Å². The highest BCUT2D eigenvalue weighted by Gasteiger charge is 2.20. The molecule has 0 saturated carbocycles. The lowest BCUT2D eigenvalue weighted by Gasteiger charge is -2.32. The SMILES string of the molecule is OCCCCC1=CC=C2CCCNC2N1. The van der Waals surface area contributed by atoms with E-state index in [9.17, 15) is 0 Å². The number of nitrogens with one attached hydrogen (secondary N) is 2. The Balaban J connectivity index is 1.86. The fraction of sp³-hybridized carbons (Fsp3) is 0.667. The zero-order valence-electron chi connectivity index (χ0n) is 9.13. The smallest absolute Gasteiger partial charge is 0.0991 e. The lowest BCUT2D eigenvalue weighted by Crippen LogP contribution is -2.47. The van der Waals surface area contributed by atoms with E-state index < -0.39 is 0 Å². The molecule has 0 aromatic carbocycles. The number of aliphatic hydroxyl groups excluding tert-OH is 1. The summed E-state index contributed by atoms with van der Waals surface area (Å²) in [5.74, 6) is 0. The molecule has 0 bridgehead atoms. The monoisotopic (exact) mass is 208 g/mol. The van der Waals surface area contributed by atoms with Crippen LogP contribution in [0.1, 0.15) is 32.1 Å². The number of unbranched alkanes of at least 4 members (excludes halogenated alkanes) is 1. The second-order valence-electron chi connectivity index (χ2n) is 4.25. The minimum absolute atomic E-state index is 0.302. The van der Waals surface area contributed by atoms with Crippen LogP contribution in [-0.2, 0) is 0 Å². The van der Waals surface area contributed by atoms with Crippen molar-refractivity contribution < 1.29 is 5.11 Å². The third kappa shape index (κ3) is 2.83. The lowest BCUT2D eigenvalue weighted by atomic mass is 9.98. The molecule has 2 aliphatic heterocycles. The van der Waals surface area contributed by atoms with Crippen LogP contribution in [0, 0.1) is 0 Å². The molecule has 1 saturated heterocycles. The molecular weight excluding hydrogens is 188 g/mol. The van der Waals surface area contributed by atoms with Gasteiger partial charge in [-0.2, -0.15) is 0 Å². The summed E-state index contributed by atoms with van der Waals surface area (Å²) >= 11 is 0. The molecule has 0 radical (unpaired) electrons. The van der Waals surface area contributed by atoms with Gasteiger partial charge >= 0.3 is 0 Å². The van der Waals surface area contributed by atoms with Crippen molar-refractivity contribution in [1.82, 2.24) is 10.6 Å². The van der Waals surface area contributed by atoms with E-state index in [0.29, 0.717) is 12.8 Å². The summed E-state index contributed by atoms with van der Waals surface area (Å²) < 4.78 is 0. The zero-order chi connectivity index (χ0) is 10.5. The summed E-state index contributed by atoms with van der Waals surface area (Å²) in [5, 5.41) is 15.7. The van der Waals surface area contributed by atoms with Crippen molar-refractivity contribution in [1.29, 1.82) is 0 Å². The second kappa shape index (κ2) is 5.33. The van der Waals surface area contributed by atoms with Crippen LogP contribution >= 0.6 is 0 Å². The van der Waals surface area contributed by atoms with E-state index in [1.807, 2.05) is 0 Å². The second-order valence-corrected chi connectivity index (χ2v) is 4.25. The lowest BCUT2D eigenvalue weighted by molar-refractivity contribution is 0.284. The highest BCUT2D eigenvalue weighted by atomic mass is 16.2. The van der Waals surface area contributed by atoms with Crippen molar-refractivity contribution in [3.63, 3.8) is 0 Å².